The minimum Gasteiger partial charge on any atom is -0.497 e. The van der Waals surface area contributed by atoms with Crippen molar-refractivity contribution in [1.29, 1.82) is 0 Å². The number of amides is 2. The average molecular weight is 333 g/mol. The Morgan fingerprint density at radius 2 is 2.13 bits per heavy atom. The molecule has 6 heteroatoms. The van der Waals surface area contributed by atoms with Crippen molar-refractivity contribution in [3.63, 3.8) is 0 Å². The summed E-state index contributed by atoms with van der Waals surface area (Å²) in [5, 5.41) is 8.78. The van der Waals surface area contributed by atoms with Crippen LogP contribution in [0.4, 0.5) is 4.79 Å². The van der Waals surface area contributed by atoms with Gasteiger partial charge in [-0.25, -0.2) is 9.78 Å². The maximum Gasteiger partial charge on any atom is 0.315 e. The van der Waals surface area contributed by atoms with Crippen molar-refractivity contribution in [3.8, 4) is 5.75 Å². The molecule has 2 atom stereocenters. The first-order valence-corrected chi connectivity index (χ1v) is 8.48. The van der Waals surface area contributed by atoms with Crippen LogP contribution in [0.25, 0.3) is 0 Å². The van der Waals surface area contributed by atoms with E-state index in [0.717, 1.165) is 28.4 Å². The molecule has 0 saturated heterocycles. The maximum absolute atomic E-state index is 12.1. The molecule has 0 aliphatic heterocycles. The van der Waals surface area contributed by atoms with Gasteiger partial charge in [0.2, 0.25) is 0 Å². The van der Waals surface area contributed by atoms with E-state index in [4.69, 9.17) is 4.74 Å². The summed E-state index contributed by atoms with van der Waals surface area (Å²) in [6, 6.07) is 7.61. The number of carbonyl (C=O) groups excluding carboxylic acids is 1. The lowest BCUT2D eigenvalue weighted by Gasteiger charge is -2.17. The molecule has 2 rings (SSSR count). The summed E-state index contributed by atoms with van der Waals surface area (Å²) in [5.41, 5.74) is 2.10. The zero-order valence-electron chi connectivity index (χ0n) is 13.9. The van der Waals surface area contributed by atoms with Crippen LogP contribution in [-0.4, -0.2) is 24.2 Å². The van der Waals surface area contributed by atoms with Crippen LogP contribution in [-0.2, 0) is 6.42 Å². The number of hydrogen-bond donors (Lipinski definition) is 2. The summed E-state index contributed by atoms with van der Waals surface area (Å²) in [5.74, 6) is 0.826. The van der Waals surface area contributed by atoms with Gasteiger partial charge in [-0.2, -0.15) is 0 Å². The van der Waals surface area contributed by atoms with Crippen molar-refractivity contribution in [2.75, 3.05) is 7.11 Å². The van der Waals surface area contributed by atoms with E-state index in [2.05, 4.69) is 15.6 Å². The molecule has 0 unspecified atom stereocenters. The third kappa shape index (κ3) is 5.25. The molecule has 1 heterocycles. The first kappa shape index (κ1) is 17.3. The fourth-order valence-electron chi connectivity index (χ4n) is 2.30. The summed E-state index contributed by atoms with van der Waals surface area (Å²) < 4.78 is 5.22. The molecular weight excluding hydrogens is 310 g/mol. The Morgan fingerprint density at radius 1 is 1.35 bits per heavy atom. The molecule has 2 aromatic rings. The Bertz CT molecular complexity index is 657. The summed E-state index contributed by atoms with van der Waals surface area (Å²) in [6.07, 6.45) is 0.745. The third-order valence-electron chi connectivity index (χ3n) is 3.41. The largest absolute Gasteiger partial charge is 0.497 e. The molecule has 124 valence electrons. The van der Waals surface area contributed by atoms with Crippen molar-refractivity contribution in [3.05, 3.63) is 45.9 Å². The molecule has 5 nitrogen and oxygen atoms in total. The number of carbonyl (C=O) groups is 1. The summed E-state index contributed by atoms with van der Waals surface area (Å²) >= 11 is 1.56. The highest BCUT2D eigenvalue weighted by atomic mass is 32.1. The summed E-state index contributed by atoms with van der Waals surface area (Å²) in [6.45, 7) is 5.87. The Balaban J connectivity index is 1.84. The van der Waals surface area contributed by atoms with Crippen LogP contribution in [0, 0.1) is 6.92 Å². The van der Waals surface area contributed by atoms with Gasteiger partial charge in [0, 0.05) is 17.1 Å². The number of nitrogens with zero attached hydrogens (tertiary/aromatic N) is 1. The fourth-order valence-corrected chi connectivity index (χ4v) is 3.10. The van der Waals surface area contributed by atoms with Gasteiger partial charge < -0.3 is 15.4 Å². The van der Waals surface area contributed by atoms with Crippen LogP contribution in [0.15, 0.2) is 29.6 Å². The quantitative estimate of drug-likeness (QED) is 0.851. The smallest absolute Gasteiger partial charge is 0.315 e. The van der Waals surface area contributed by atoms with Crippen LogP contribution in [0.3, 0.4) is 0 Å². The van der Waals surface area contributed by atoms with Gasteiger partial charge in [0.15, 0.2) is 0 Å². The predicted molar refractivity (Wildman–Crippen MR) is 93.1 cm³/mol. The first-order valence-electron chi connectivity index (χ1n) is 7.60. The second kappa shape index (κ2) is 7.97. The van der Waals surface area contributed by atoms with Crippen molar-refractivity contribution in [1.82, 2.24) is 15.6 Å². The standard InChI is InChI=1S/C17H23N3O2S/c1-11(8-14-6-5-7-15(9-14)22-4)19-17(21)20-13(3)16-18-12(2)10-23-16/h5-7,9-11,13H,8H2,1-4H3,(H2,19,20,21)/t11-,13-/m0/s1. The van der Waals surface area contributed by atoms with Crippen molar-refractivity contribution in [2.24, 2.45) is 0 Å². The van der Waals surface area contributed by atoms with Gasteiger partial charge in [-0.15, -0.1) is 11.3 Å². The number of rotatable bonds is 6. The topological polar surface area (TPSA) is 63.2 Å². The summed E-state index contributed by atoms with van der Waals surface area (Å²) in [7, 11) is 1.65. The second-order valence-corrected chi connectivity index (χ2v) is 6.51. The lowest BCUT2D eigenvalue weighted by molar-refractivity contribution is 0.234. The zero-order chi connectivity index (χ0) is 16.8. The maximum atomic E-state index is 12.1. The van der Waals surface area contributed by atoms with E-state index < -0.39 is 0 Å². The Hall–Kier alpha value is -2.08. The minimum absolute atomic E-state index is 0.0207. The molecule has 0 aliphatic rings. The van der Waals surface area contributed by atoms with Gasteiger partial charge >= 0.3 is 6.03 Å². The van der Waals surface area contributed by atoms with Gasteiger partial charge in [-0.3, -0.25) is 0 Å². The number of urea groups is 1. The second-order valence-electron chi connectivity index (χ2n) is 5.62. The highest BCUT2D eigenvalue weighted by molar-refractivity contribution is 7.09. The minimum atomic E-state index is -0.180. The normalized spacial score (nSPS) is 13.2. The number of thiazole rings is 1. The molecule has 2 N–H and O–H groups in total. The molecular formula is C17H23N3O2S. The molecule has 0 radical (unpaired) electrons. The van der Waals surface area contributed by atoms with Crippen LogP contribution in [0.1, 0.15) is 36.2 Å². The SMILES string of the molecule is COc1cccc(C[C@H](C)NC(=O)N[C@@H](C)c2nc(C)cs2)c1. The van der Waals surface area contributed by atoms with E-state index in [9.17, 15) is 4.79 Å². The van der Waals surface area contributed by atoms with Gasteiger partial charge in [0.1, 0.15) is 10.8 Å². The number of hydrogen-bond acceptors (Lipinski definition) is 4. The van der Waals surface area contributed by atoms with E-state index in [1.807, 2.05) is 50.4 Å². The molecule has 0 saturated carbocycles. The lowest BCUT2D eigenvalue weighted by atomic mass is 10.1. The molecule has 2 amide bonds. The van der Waals surface area contributed by atoms with Gasteiger partial charge in [-0.05, 0) is 44.9 Å². The number of methoxy groups -OCH3 is 1. The summed E-state index contributed by atoms with van der Waals surface area (Å²) in [4.78, 5) is 16.5. The van der Waals surface area contributed by atoms with E-state index in [0.29, 0.717) is 0 Å². The monoisotopic (exact) mass is 333 g/mol. The number of benzene rings is 1. The van der Waals surface area contributed by atoms with E-state index >= 15 is 0 Å². The predicted octanol–water partition coefficient (Wildman–Crippen LogP) is 3.45. The lowest BCUT2D eigenvalue weighted by Crippen LogP contribution is -2.42. The number of nitrogens with one attached hydrogen (secondary N) is 2. The average Bonchev–Trinajstić information content (AvgIpc) is 2.93. The van der Waals surface area contributed by atoms with Gasteiger partial charge in [-0.1, -0.05) is 12.1 Å². The Labute approximate surface area is 141 Å². The Kier molecular flexibility index (Phi) is 5.98. The number of aromatic nitrogens is 1. The van der Waals surface area contributed by atoms with Crippen LogP contribution < -0.4 is 15.4 Å². The highest BCUT2D eigenvalue weighted by Crippen LogP contribution is 2.17. The van der Waals surface area contributed by atoms with Crippen molar-refractivity contribution < 1.29 is 9.53 Å². The van der Waals surface area contributed by atoms with Crippen LogP contribution in [0.2, 0.25) is 0 Å². The van der Waals surface area contributed by atoms with Gasteiger partial charge in [0.25, 0.3) is 0 Å². The fraction of sp³-hybridized carbons (Fsp3) is 0.412. The zero-order valence-corrected chi connectivity index (χ0v) is 14.7. The highest BCUT2D eigenvalue weighted by Gasteiger charge is 2.14. The Morgan fingerprint density at radius 3 is 2.78 bits per heavy atom. The molecule has 0 aliphatic carbocycles. The molecule has 0 fully saturated rings. The first-order chi connectivity index (χ1) is 11.0. The molecule has 1 aromatic heterocycles. The van der Waals surface area contributed by atoms with E-state index in [1.165, 1.54) is 0 Å². The van der Waals surface area contributed by atoms with Gasteiger partial charge in [0.05, 0.1) is 13.2 Å². The van der Waals surface area contributed by atoms with Crippen LogP contribution >= 0.6 is 11.3 Å². The number of ether oxygens (including phenoxy) is 1. The van der Waals surface area contributed by atoms with Crippen LogP contribution in [0.5, 0.6) is 5.75 Å². The van der Waals surface area contributed by atoms with E-state index in [1.54, 1.807) is 18.4 Å². The van der Waals surface area contributed by atoms with E-state index in [-0.39, 0.29) is 18.1 Å². The molecule has 1 aromatic carbocycles. The molecule has 23 heavy (non-hydrogen) atoms. The third-order valence-corrected chi connectivity index (χ3v) is 4.55. The van der Waals surface area contributed by atoms with Crippen molar-refractivity contribution in [2.45, 2.75) is 39.3 Å². The molecule has 0 spiro atoms. The number of aryl methyl sites for hydroxylation is 1. The van der Waals surface area contributed by atoms with Crippen molar-refractivity contribution >= 4 is 17.4 Å². The molecule has 0 bridgehead atoms.